The highest BCUT2D eigenvalue weighted by Gasteiger charge is 2.13. The largest absolute Gasteiger partial charge is 0.443 e. The number of aliphatic imine (C=N–C) groups is 1. The van der Waals surface area contributed by atoms with Gasteiger partial charge in [0.1, 0.15) is 5.52 Å². The summed E-state index contributed by atoms with van der Waals surface area (Å²) in [7, 11) is 0. The molecule has 0 bridgehead atoms. The van der Waals surface area contributed by atoms with Gasteiger partial charge in [0, 0.05) is 11.3 Å². The number of nitrogens with zero attached hydrogens (tertiary/aromatic N) is 2. The van der Waals surface area contributed by atoms with Crippen molar-refractivity contribution in [3.8, 4) is 0 Å². The molecule has 3 rings (SSSR count). The second-order valence-corrected chi connectivity index (χ2v) is 4.61. The second-order valence-electron chi connectivity index (χ2n) is 3.52. The molecule has 0 fully saturated rings. The average Bonchev–Trinajstić information content (AvgIpc) is 2.97. The maximum Gasteiger partial charge on any atom is 0.257 e. The van der Waals surface area contributed by atoms with Gasteiger partial charge in [-0.25, -0.2) is 4.98 Å². The van der Waals surface area contributed by atoms with Crippen molar-refractivity contribution in [3.05, 3.63) is 30.2 Å². The van der Waals surface area contributed by atoms with Crippen LogP contribution >= 0.6 is 11.8 Å². The fraction of sp³-hybridized carbons (Fsp3) is 0.182. The smallest absolute Gasteiger partial charge is 0.257 e. The number of carbonyl (C=O) groups excluding carboxylic acids is 1. The Balaban J connectivity index is 1.84. The van der Waals surface area contributed by atoms with Crippen molar-refractivity contribution < 1.29 is 9.21 Å². The third-order valence-electron chi connectivity index (χ3n) is 2.40. The number of thioether (sulfide) groups is 1. The topological polar surface area (TPSA) is 67.5 Å². The van der Waals surface area contributed by atoms with Crippen LogP contribution in [-0.2, 0) is 0 Å². The van der Waals surface area contributed by atoms with Crippen LogP contribution in [0.5, 0.6) is 0 Å². The van der Waals surface area contributed by atoms with Gasteiger partial charge < -0.3 is 9.73 Å². The van der Waals surface area contributed by atoms with Gasteiger partial charge in [-0.05, 0) is 18.2 Å². The van der Waals surface area contributed by atoms with Crippen LogP contribution in [0.25, 0.3) is 11.1 Å². The van der Waals surface area contributed by atoms with Gasteiger partial charge in [0.15, 0.2) is 17.1 Å². The molecule has 0 atom stereocenters. The van der Waals surface area contributed by atoms with Crippen molar-refractivity contribution in [1.29, 1.82) is 0 Å². The van der Waals surface area contributed by atoms with E-state index in [0.717, 1.165) is 12.3 Å². The van der Waals surface area contributed by atoms with Crippen molar-refractivity contribution in [2.24, 2.45) is 4.99 Å². The molecule has 6 heteroatoms. The summed E-state index contributed by atoms with van der Waals surface area (Å²) in [6, 6.07) is 5.15. The van der Waals surface area contributed by atoms with E-state index in [1.54, 1.807) is 30.0 Å². The van der Waals surface area contributed by atoms with Gasteiger partial charge in [0.2, 0.25) is 0 Å². The number of hydrogen-bond donors (Lipinski definition) is 1. The minimum absolute atomic E-state index is 0.164. The van der Waals surface area contributed by atoms with Crippen LogP contribution in [0.15, 0.2) is 34.0 Å². The number of hydrogen-bond acceptors (Lipinski definition) is 5. The van der Waals surface area contributed by atoms with Crippen LogP contribution in [0.1, 0.15) is 10.4 Å². The van der Waals surface area contributed by atoms with Gasteiger partial charge >= 0.3 is 0 Å². The van der Waals surface area contributed by atoms with Crippen molar-refractivity contribution >= 4 is 33.9 Å². The number of amides is 1. The van der Waals surface area contributed by atoms with Crippen molar-refractivity contribution in [2.75, 3.05) is 12.3 Å². The van der Waals surface area contributed by atoms with Crippen LogP contribution in [0.2, 0.25) is 0 Å². The molecule has 1 N–H and O–H groups in total. The number of amidine groups is 1. The third kappa shape index (κ3) is 2.03. The zero-order valence-electron chi connectivity index (χ0n) is 8.84. The molecule has 17 heavy (non-hydrogen) atoms. The van der Waals surface area contributed by atoms with E-state index in [1.165, 1.54) is 6.39 Å². The minimum Gasteiger partial charge on any atom is -0.443 e. The summed E-state index contributed by atoms with van der Waals surface area (Å²) in [5.41, 5.74) is 1.91. The maximum atomic E-state index is 11.9. The first-order valence-corrected chi connectivity index (χ1v) is 6.13. The van der Waals surface area contributed by atoms with Crippen molar-refractivity contribution in [3.63, 3.8) is 0 Å². The minimum atomic E-state index is -0.164. The van der Waals surface area contributed by atoms with E-state index >= 15 is 0 Å². The molecule has 1 aliphatic rings. The Kier molecular flexibility index (Phi) is 2.56. The van der Waals surface area contributed by atoms with E-state index in [2.05, 4.69) is 15.3 Å². The fourth-order valence-electron chi connectivity index (χ4n) is 1.58. The molecule has 1 aliphatic heterocycles. The lowest BCUT2D eigenvalue weighted by Crippen LogP contribution is -2.27. The first-order chi connectivity index (χ1) is 8.33. The lowest BCUT2D eigenvalue weighted by atomic mass is 10.2. The summed E-state index contributed by atoms with van der Waals surface area (Å²) >= 11 is 1.55. The second kappa shape index (κ2) is 4.21. The molecular weight excluding hydrogens is 238 g/mol. The summed E-state index contributed by atoms with van der Waals surface area (Å²) < 4.78 is 5.12. The molecule has 2 heterocycles. The Morgan fingerprint density at radius 1 is 1.47 bits per heavy atom. The summed E-state index contributed by atoms with van der Waals surface area (Å²) in [5.74, 6) is 0.765. The van der Waals surface area contributed by atoms with Gasteiger partial charge in [0.25, 0.3) is 5.91 Å². The van der Waals surface area contributed by atoms with Crippen molar-refractivity contribution in [2.45, 2.75) is 0 Å². The number of fused-ring (bicyclic) bond motifs is 1. The van der Waals surface area contributed by atoms with E-state index in [-0.39, 0.29) is 5.91 Å². The summed E-state index contributed by atoms with van der Waals surface area (Å²) in [6.45, 7) is 0.766. The van der Waals surface area contributed by atoms with Gasteiger partial charge in [0.05, 0.1) is 6.54 Å². The number of rotatable bonds is 1. The lowest BCUT2D eigenvalue weighted by molar-refractivity contribution is 0.0978. The number of aromatic nitrogens is 1. The molecule has 0 aliphatic carbocycles. The van der Waals surface area contributed by atoms with Crippen molar-refractivity contribution in [1.82, 2.24) is 10.3 Å². The predicted molar refractivity (Wildman–Crippen MR) is 66.2 cm³/mol. The van der Waals surface area contributed by atoms with Gasteiger partial charge in [-0.2, -0.15) is 0 Å². The van der Waals surface area contributed by atoms with E-state index < -0.39 is 0 Å². The molecule has 0 unspecified atom stereocenters. The molecule has 0 spiro atoms. The highest BCUT2D eigenvalue weighted by Crippen LogP contribution is 2.15. The SMILES string of the molecule is O=C(NC1=NCCS1)c1ccc2ocnc2c1. The quantitative estimate of drug-likeness (QED) is 0.832. The summed E-state index contributed by atoms with van der Waals surface area (Å²) in [4.78, 5) is 20.1. The first kappa shape index (κ1) is 10.3. The van der Waals surface area contributed by atoms with Crippen LogP contribution < -0.4 is 5.32 Å². The standard InChI is InChI=1S/C11H9N3O2S/c15-10(14-11-12-3-4-17-11)7-1-2-9-8(5-7)13-6-16-9/h1-2,5-6H,3-4H2,(H,12,14,15). The number of carbonyl (C=O) groups is 1. The molecule has 0 saturated carbocycles. The van der Waals surface area contributed by atoms with Crippen LogP contribution in [0.3, 0.4) is 0 Å². The maximum absolute atomic E-state index is 11.9. The van der Waals surface area contributed by atoms with E-state index in [1.807, 2.05) is 0 Å². The molecule has 2 aromatic rings. The Morgan fingerprint density at radius 3 is 3.24 bits per heavy atom. The van der Waals surface area contributed by atoms with Gasteiger partial charge in [-0.3, -0.25) is 9.79 Å². The Bertz CT molecular complexity index is 606. The average molecular weight is 247 g/mol. The zero-order valence-corrected chi connectivity index (χ0v) is 9.66. The van der Waals surface area contributed by atoms with E-state index in [0.29, 0.717) is 21.8 Å². The van der Waals surface area contributed by atoms with E-state index in [4.69, 9.17) is 4.42 Å². The first-order valence-electron chi connectivity index (χ1n) is 5.15. The Morgan fingerprint density at radius 2 is 2.41 bits per heavy atom. The normalized spacial score (nSPS) is 14.9. The highest BCUT2D eigenvalue weighted by atomic mass is 32.2. The number of nitrogens with one attached hydrogen (secondary N) is 1. The molecule has 1 aromatic carbocycles. The molecule has 1 amide bonds. The molecular formula is C11H9N3O2S. The monoisotopic (exact) mass is 247 g/mol. The third-order valence-corrected chi connectivity index (χ3v) is 3.29. The molecule has 0 saturated heterocycles. The van der Waals surface area contributed by atoms with Crippen LogP contribution in [-0.4, -0.2) is 28.4 Å². The van der Waals surface area contributed by atoms with Crippen LogP contribution in [0.4, 0.5) is 0 Å². The fourth-order valence-corrected chi connectivity index (χ4v) is 2.30. The molecule has 0 radical (unpaired) electrons. The summed E-state index contributed by atoms with van der Waals surface area (Å²) in [5, 5.41) is 3.46. The molecule has 5 nitrogen and oxygen atoms in total. The molecule has 1 aromatic heterocycles. The molecule has 86 valence electrons. The lowest BCUT2D eigenvalue weighted by Gasteiger charge is -2.03. The van der Waals surface area contributed by atoms with Gasteiger partial charge in [-0.1, -0.05) is 11.8 Å². The number of oxazole rings is 1. The summed E-state index contributed by atoms with van der Waals surface area (Å²) in [6.07, 6.45) is 1.36. The Labute approximate surface area is 101 Å². The Hall–Kier alpha value is -1.82. The van der Waals surface area contributed by atoms with E-state index in [9.17, 15) is 4.79 Å². The predicted octanol–water partition coefficient (Wildman–Crippen LogP) is 1.66. The zero-order chi connectivity index (χ0) is 11.7. The van der Waals surface area contributed by atoms with Gasteiger partial charge in [-0.15, -0.1) is 0 Å². The highest BCUT2D eigenvalue weighted by molar-refractivity contribution is 8.14. The number of benzene rings is 1. The van der Waals surface area contributed by atoms with Crippen LogP contribution in [0, 0.1) is 0 Å².